The largest absolute Gasteiger partial charge is 0.497 e. The second-order valence-corrected chi connectivity index (χ2v) is 7.56. The van der Waals surface area contributed by atoms with Crippen LogP contribution in [-0.4, -0.2) is 47.5 Å². The fourth-order valence-electron chi connectivity index (χ4n) is 2.97. The highest BCUT2D eigenvalue weighted by atomic mass is 32.2. The first kappa shape index (κ1) is 19.8. The lowest BCUT2D eigenvalue weighted by molar-refractivity contribution is -0.138. The molecule has 2 aromatic carbocycles. The third-order valence-electron chi connectivity index (χ3n) is 4.43. The van der Waals surface area contributed by atoms with Gasteiger partial charge in [0.05, 0.1) is 19.7 Å². The number of hydrogen-bond acceptors (Lipinski definition) is 8. The number of benzene rings is 2. The molecule has 0 aliphatic carbocycles. The Bertz CT molecular complexity index is 1050. The maximum atomic E-state index is 11.8. The van der Waals surface area contributed by atoms with Crippen molar-refractivity contribution in [3.05, 3.63) is 42.0 Å². The lowest BCUT2D eigenvalue weighted by Crippen LogP contribution is -2.26. The van der Waals surface area contributed by atoms with E-state index >= 15 is 0 Å². The Balaban J connectivity index is 1.60. The van der Waals surface area contributed by atoms with Gasteiger partial charge < -0.3 is 24.6 Å². The zero-order valence-corrected chi connectivity index (χ0v) is 16.6. The van der Waals surface area contributed by atoms with Crippen LogP contribution in [0, 0.1) is 0 Å². The van der Waals surface area contributed by atoms with Gasteiger partial charge in [-0.05, 0) is 35.4 Å². The van der Waals surface area contributed by atoms with Crippen LogP contribution in [0.5, 0.6) is 17.2 Å². The van der Waals surface area contributed by atoms with E-state index < -0.39 is 17.1 Å². The van der Waals surface area contributed by atoms with Crippen LogP contribution in [0.25, 0.3) is 11.1 Å². The maximum Gasteiger partial charge on any atom is 0.305 e. The summed E-state index contributed by atoms with van der Waals surface area (Å²) < 4.78 is 16.1. The van der Waals surface area contributed by atoms with E-state index in [0.717, 1.165) is 34.2 Å². The van der Waals surface area contributed by atoms with Gasteiger partial charge in [0.25, 0.3) is 0 Å². The van der Waals surface area contributed by atoms with E-state index in [0.29, 0.717) is 11.5 Å². The van der Waals surface area contributed by atoms with Crippen molar-refractivity contribution in [3.8, 4) is 28.4 Å². The Morgan fingerprint density at radius 1 is 1.30 bits per heavy atom. The van der Waals surface area contributed by atoms with Gasteiger partial charge in [0.2, 0.25) is 12.7 Å². The quantitative estimate of drug-likeness (QED) is 0.537. The van der Waals surface area contributed by atoms with Crippen LogP contribution in [0.3, 0.4) is 0 Å². The number of hydrogen-bond donors (Lipinski definition) is 2. The predicted molar refractivity (Wildman–Crippen MR) is 111 cm³/mol. The molecule has 9 nitrogen and oxygen atoms in total. The minimum Gasteiger partial charge on any atom is -0.497 e. The van der Waals surface area contributed by atoms with Crippen molar-refractivity contribution in [1.82, 2.24) is 5.32 Å². The molecular weight excluding hydrogens is 410 g/mol. The summed E-state index contributed by atoms with van der Waals surface area (Å²) in [6.07, 6.45) is 1.27. The number of ether oxygens (including phenoxy) is 3. The standard InChI is InChI=1S/C20H17N3O6S/c1-27-13-4-2-11(3-5-13)14-7-16-15(28-10-29-16)6-12(14)9-21-23-20-22-19(26)17(30-20)8-18(24)25/h2-7,9,17H,8,10H2,1H3,(H,24,25)(H,22,23,26). The number of rotatable bonds is 6. The molecule has 1 saturated heterocycles. The van der Waals surface area contributed by atoms with Crippen LogP contribution >= 0.6 is 11.8 Å². The van der Waals surface area contributed by atoms with Gasteiger partial charge in [0.1, 0.15) is 11.0 Å². The molecule has 1 amide bonds. The molecule has 0 bridgehead atoms. The number of carboxylic acid groups (broad SMARTS) is 1. The normalized spacial score (nSPS) is 18.8. The summed E-state index contributed by atoms with van der Waals surface area (Å²) in [5, 5.41) is 19.0. The number of thioether (sulfide) groups is 1. The van der Waals surface area contributed by atoms with Crippen molar-refractivity contribution in [2.45, 2.75) is 11.7 Å². The van der Waals surface area contributed by atoms with Gasteiger partial charge in [-0.25, -0.2) is 0 Å². The van der Waals surface area contributed by atoms with E-state index in [1.54, 1.807) is 19.4 Å². The van der Waals surface area contributed by atoms with Gasteiger partial charge in [-0.15, -0.1) is 5.10 Å². The first-order valence-corrected chi connectivity index (χ1v) is 9.80. The second kappa shape index (κ2) is 8.46. The molecule has 30 heavy (non-hydrogen) atoms. The second-order valence-electron chi connectivity index (χ2n) is 6.36. The highest BCUT2D eigenvalue weighted by Crippen LogP contribution is 2.38. The average molecular weight is 427 g/mol. The fraction of sp³-hybridized carbons (Fsp3) is 0.200. The molecule has 10 heteroatoms. The Morgan fingerprint density at radius 2 is 2.03 bits per heavy atom. The Hall–Kier alpha value is -3.53. The molecule has 0 spiro atoms. The number of methoxy groups -OCH3 is 1. The Labute approximate surface area is 175 Å². The minimum absolute atomic E-state index is 0.147. The van der Waals surface area contributed by atoms with Crippen LogP contribution in [0.4, 0.5) is 0 Å². The van der Waals surface area contributed by atoms with Gasteiger partial charge in [-0.3, -0.25) is 9.59 Å². The summed E-state index contributed by atoms with van der Waals surface area (Å²) in [5.41, 5.74) is 2.52. The zero-order chi connectivity index (χ0) is 21.1. The Kier molecular flexibility index (Phi) is 5.57. The number of carbonyl (C=O) groups is 2. The van der Waals surface area contributed by atoms with Gasteiger partial charge in [0.15, 0.2) is 16.7 Å². The van der Waals surface area contributed by atoms with Crippen molar-refractivity contribution in [1.29, 1.82) is 0 Å². The van der Waals surface area contributed by atoms with Gasteiger partial charge in [-0.2, -0.15) is 5.10 Å². The molecule has 2 N–H and O–H groups in total. The molecule has 1 fully saturated rings. The smallest absolute Gasteiger partial charge is 0.305 e. The number of amidine groups is 1. The molecule has 1 atom stereocenters. The van der Waals surface area contributed by atoms with E-state index in [1.165, 1.54) is 0 Å². The van der Waals surface area contributed by atoms with E-state index in [9.17, 15) is 9.59 Å². The first-order chi connectivity index (χ1) is 14.5. The van der Waals surface area contributed by atoms with Crippen LogP contribution in [0.2, 0.25) is 0 Å². The molecular formula is C20H17N3O6S. The molecule has 1 unspecified atom stereocenters. The molecule has 0 aromatic heterocycles. The number of amides is 1. The molecule has 2 aliphatic heterocycles. The van der Waals surface area contributed by atoms with E-state index in [2.05, 4.69) is 15.5 Å². The molecule has 0 radical (unpaired) electrons. The third-order valence-corrected chi connectivity index (χ3v) is 5.50. The summed E-state index contributed by atoms with van der Waals surface area (Å²) in [4.78, 5) is 22.6. The lowest BCUT2D eigenvalue weighted by atomic mass is 9.99. The SMILES string of the molecule is COc1ccc(-c2cc3c(cc2C=NN=C2NC(=O)C(CC(=O)O)S2)OCO3)cc1. The number of carbonyl (C=O) groups excluding carboxylic acids is 1. The molecule has 4 rings (SSSR count). The zero-order valence-electron chi connectivity index (χ0n) is 15.8. The Morgan fingerprint density at radius 3 is 2.73 bits per heavy atom. The first-order valence-electron chi connectivity index (χ1n) is 8.92. The number of nitrogens with zero attached hydrogens (tertiary/aromatic N) is 2. The minimum atomic E-state index is -1.04. The third kappa shape index (κ3) is 4.23. The lowest BCUT2D eigenvalue weighted by Gasteiger charge is -2.09. The fourth-order valence-corrected chi connectivity index (χ4v) is 3.89. The number of carboxylic acids is 1. The van der Waals surface area contributed by atoms with Crippen LogP contribution in [0.15, 0.2) is 46.6 Å². The molecule has 154 valence electrons. The highest BCUT2D eigenvalue weighted by molar-refractivity contribution is 8.15. The number of nitrogens with one attached hydrogen (secondary N) is 1. The summed E-state index contributed by atoms with van der Waals surface area (Å²) in [6.45, 7) is 0.147. The van der Waals surface area contributed by atoms with Gasteiger partial charge >= 0.3 is 5.97 Å². The van der Waals surface area contributed by atoms with Crippen molar-refractivity contribution in [2.75, 3.05) is 13.9 Å². The van der Waals surface area contributed by atoms with Crippen LogP contribution < -0.4 is 19.5 Å². The van der Waals surface area contributed by atoms with Crippen molar-refractivity contribution < 1.29 is 28.9 Å². The predicted octanol–water partition coefficient (Wildman–Crippen LogP) is 2.49. The summed E-state index contributed by atoms with van der Waals surface area (Å²) in [5.74, 6) is 0.548. The number of fused-ring (bicyclic) bond motifs is 1. The van der Waals surface area contributed by atoms with Gasteiger partial charge in [0, 0.05) is 5.56 Å². The van der Waals surface area contributed by atoms with Crippen LogP contribution in [0.1, 0.15) is 12.0 Å². The molecule has 0 saturated carbocycles. The van der Waals surface area contributed by atoms with Crippen molar-refractivity contribution in [3.63, 3.8) is 0 Å². The summed E-state index contributed by atoms with van der Waals surface area (Å²) in [7, 11) is 1.60. The van der Waals surface area contributed by atoms with E-state index in [4.69, 9.17) is 19.3 Å². The van der Waals surface area contributed by atoms with Gasteiger partial charge in [-0.1, -0.05) is 23.9 Å². The van der Waals surface area contributed by atoms with E-state index in [1.807, 2.05) is 30.3 Å². The maximum absolute atomic E-state index is 11.8. The van der Waals surface area contributed by atoms with E-state index in [-0.39, 0.29) is 18.4 Å². The van der Waals surface area contributed by atoms with Crippen molar-refractivity contribution >= 4 is 35.0 Å². The molecule has 2 aromatic rings. The highest BCUT2D eigenvalue weighted by Gasteiger charge is 2.32. The summed E-state index contributed by atoms with van der Waals surface area (Å²) in [6, 6.07) is 11.2. The molecule has 2 heterocycles. The number of aliphatic carboxylic acids is 1. The summed E-state index contributed by atoms with van der Waals surface area (Å²) >= 11 is 1.04. The van der Waals surface area contributed by atoms with Crippen molar-refractivity contribution in [2.24, 2.45) is 10.2 Å². The molecule has 2 aliphatic rings. The van der Waals surface area contributed by atoms with Crippen LogP contribution in [-0.2, 0) is 9.59 Å². The topological polar surface area (TPSA) is 119 Å². The average Bonchev–Trinajstić information content (AvgIpc) is 3.33. The monoisotopic (exact) mass is 427 g/mol.